The number of carbonyl (C=O) groups is 1. The van der Waals surface area contributed by atoms with Gasteiger partial charge in [0, 0.05) is 11.2 Å². The van der Waals surface area contributed by atoms with E-state index in [1.165, 1.54) is 6.20 Å². The van der Waals surface area contributed by atoms with Crippen molar-refractivity contribution in [3.05, 3.63) is 52.3 Å². The third-order valence-electron chi connectivity index (χ3n) is 3.42. The lowest BCUT2D eigenvalue weighted by molar-refractivity contribution is 0.0524. The summed E-state index contributed by atoms with van der Waals surface area (Å²) in [6.07, 6.45) is 1.42. The Kier molecular flexibility index (Phi) is 6.66. The number of halogens is 1. The maximum atomic E-state index is 11.8. The van der Waals surface area contributed by atoms with Crippen LogP contribution in [0.1, 0.15) is 41.5 Å². The lowest BCUT2D eigenvalue weighted by Crippen LogP contribution is -2.31. The quantitative estimate of drug-likeness (QED) is 0.607. The highest BCUT2D eigenvalue weighted by molar-refractivity contribution is 7.80. The van der Waals surface area contributed by atoms with Gasteiger partial charge in [-0.1, -0.05) is 23.7 Å². The fourth-order valence-corrected chi connectivity index (χ4v) is 2.50. The van der Waals surface area contributed by atoms with Crippen LogP contribution in [0.5, 0.6) is 0 Å². The summed E-state index contributed by atoms with van der Waals surface area (Å²) in [4.78, 5) is 20.1. The highest BCUT2D eigenvalue weighted by Gasteiger charge is 2.14. The minimum absolute atomic E-state index is 0.0165. The summed E-state index contributed by atoms with van der Waals surface area (Å²) >= 11 is 11.2. The highest BCUT2D eigenvalue weighted by Crippen LogP contribution is 2.16. The molecular formula is C17H19ClN4O2S. The van der Waals surface area contributed by atoms with Gasteiger partial charge in [0.25, 0.3) is 0 Å². The molecule has 25 heavy (non-hydrogen) atoms. The van der Waals surface area contributed by atoms with Gasteiger partial charge < -0.3 is 15.4 Å². The van der Waals surface area contributed by atoms with Crippen LogP contribution in [0, 0.1) is 6.92 Å². The standard InChI is InChI=1S/C17H19ClN4O2S/c1-4-24-15(23)14-9-19-16(20-11(14)3)22-17(25)21-10(2)12-5-7-13(18)8-6-12/h5-10H,4H2,1-3H3,(H2,19,20,21,22,25). The topological polar surface area (TPSA) is 76.1 Å². The van der Waals surface area contributed by atoms with Gasteiger partial charge in [0.15, 0.2) is 5.11 Å². The Hall–Kier alpha value is -2.25. The summed E-state index contributed by atoms with van der Waals surface area (Å²) in [6.45, 7) is 5.74. The van der Waals surface area contributed by atoms with Crippen LogP contribution >= 0.6 is 23.8 Å². The summed E-state index contributed by atoms with van der Waals surface area (Å²) in [7, 11) is 0. The van der Waals surface area contributed by atoms with Gasteiger partial charge in [-0.05, 0) is 50.7 Å². The molecule has 0 bridgehead atoms. The minimum atomic E-state index is -0.441. The van der Waals surface area contributed by atoms with Crippen molar-refractivity contribution in [2.45, 2.75) is 26.8 Å². The maximum Gasteiger partial charge on any atom is 0.341 e. The van der Waals surface area contributed by atoms with Crippen LogP contribution in [0.25, 0.3) is 0 Å². The van der Waals surface area contributed by atoms with E-state index < -0.39 is 5.97 Å². The first-order valence-electron chi connectivity index (χ1n) is 7.74. The summed E-state index contributed by atoms with van der Waals surface area (Å²) in [5, 5.41) is 7.12. The molecule has 0 spiro atoms. The number of anilines is 1. The molecule has 0 aliphatic rings. The molecule has 1 aromatic heterocycles. The number of carbonyl (C=O) groups excluding carboxylic acids is 1. The van der Waals surface area contributed by atoms with Crippen LogP contribution < -0.4 is 10.6 Å². The van der Waals surface area contributed by atoms with Gasteiger partial charge in [0.2, 0.25) is 5.95 Å². The molecule has 8 heteroatoms. The molecule has 0 radical (unpaired) electrons. The summed E-state index contributed by atoms with van der Waals surface area (Å²) in [6, 6.07) is 7.49. The van der Waals surface area contributed by atoms with Crippen LogP contribution in [0.2, 0.25) is 5.02 Å². The second-order valence-electron chi connectivity index (χ2n) is 5.28. The molecule has 6 nitrogen and oxygen atoms in total. The number of rotatable bonds is 5. The Labute approximate surface area is 157 Å². The molecule has 0 aliphatic carbocycles. The molecule has 1 unspecified atom stereocenters. The fourth-order valence-electron chi connectivity index (χ4n) is 2.11. The van der Waals surface area contributed by atoms with E-state index in [1.54, 1.807) is 13.8 Å². The van der Waals surface area contributed by atoms with Gasteiger partial charge in [-0.15, -0.1) is 0 Å². The predicted molar refractivity (Wildman–Crippen MR) is 102 cm³/mol. The second-order valence-corrected chi connectivity index (χ2v) is 6.13. The van der Waals surface area contributed by atoms with Crippen LogP contribution in [0.3, 0.4) is 0 Å². The van der Waals surface area contributed by atoms with E-state index >= 15 is 0 Å². The Morgan fingerprint density at radius 1 is 1.36 bits per heavy atom. The lowest BCUT2D eigenvalue weighted by Gasteiger charge is -2.17. The first-order valence-corrected chi connectivity index (χ1v) is 8.53. The fraction of sp³-hybridized carbons (Fsp3) is 0.294. The number of thiocarbonyl (C=S) groups is 1. The molecule has 0 aliphatic heterocycles. The number of benzene rings is 1. The molecule has 0 saturated heterocycles. The lowest BCUT2D eigenvalue weighted by atomic mass is 10.1. The minimum Gasteiger partial charge on any atom is -0.462 e. The molecule has 2 rings (SSSR count). The first kappa shape index (κ1) is 19.1. The van der Waals surface area contributed by atoms with Crippen molar-refractivity contribution in [1.29, 1.82) is 0 Å². The number of aryl methyl sites for hydroxylation is 1. The number of esters is 1. The van der Waals surface area contributed by atoms with Gasteiger partial charge in [0.1, 0.15) is 0 Å². The Balaban J connectivity index is 1.99. The zero-order valence-electron chi connectivity index (χ0n) is 14.2. The van der Waals surface area contributed by atoms with Crippen LogP contribution in [0.4, 0.5) is 5.95 Å². The van der Waals surface area contributed by atoms with E-state index in [1.807, 2.05) is 31.2 Å². The highest BCUT2D eigenvalue weighted by atomic mass is 35.5. The molecule has 1 aromatic carbocycles. The average Bonchev–Trinajstić information content (AvgIpc) is 2.55. The number of ether oxygens (including phenoxy) is 1. The predicted octanol–water partition coefficient (Wildman–Crippen LogP) is 3.66. The van der Waals surface area contributed by atoms with Crippen molar-refractivity contribution in [2.24, 2.45) is 0 Å². The van der Waals surface area contributed by atoms with E-state index in [0.29, 0.717) is 33.9 Å². The van der Waals surface area contributed by atoms with Gasteiger partial charge in [0.05, 0.1) is 23.9 Å². The number of aromatic nitrogens is 2. The van der Waals surface area contributed by atoms with E-state index in [4.69, 9.17) is 28.6 Å². The van der Waals surface area contributed by atoms with Gasteiger partial charge in [-0.3, -0.25) is 0 Å². The largest absolute Gasteiger partial charge is 0.462 e. The number of nitrogens with zero attached hydrogens (tertiary/aromatic N) is 2. The third kappa shape index (κ3) is 5.37. The van der Waals surface area contributed by atoms with Crippen LogP contribution in [0.15, 0.2) is 30.5 Å². The van der Waals surface area contributed by atoms with Crippen molar-refractivity contribution in [3.63, 3.8) is 0 Å². The van der Waals surface area contributed by atoms with E-state index in [2.05, 4.69) is 20.6 Å². The zero-order valence-corrected chi connectivity index (χ0v) is 15.7. The first-order chi connectivity index (χ1) is 11.9. The van der Waals surface area contributed by atoms with Crippen LogP contribution in [-0.2, 0) is 4.74 Å². The smallest absolute Gasteiger partial charge is 0.341 e. The molecule has 0 amide bonds. The third-order valence-corrected chi connectivity index (χ3v) is 3.89. The van der Waals surface area contributed by atoms with Crippen molar-refractivity contribution >= 4 is 40.8 Å². The van der Waals surface area contributed by atoms with Crippen molar-refractivity contribution in [3.8, 4) is 0 Å². The summed E-state index contributed by atoms with van der Waals surface area (Å²) in [5.41, 5.74) is 1.90. The molecule has 0 saturated carbocycles. The molecule has 0 fully saturated rings. The average molecular weight is 379 g/mol. The molecule has 132 valence electrons. The Morgan fingerprint density at radius 3 is 2.64 bits per heavy atom. The van der Waals surface area contributed by atoms with Crippen LogP contribution in [-0.4, -0.2) is 27.7 Å². The molecule has 2 N–H and O–H groups in total. The summed E-state index contributed by atoms with van der Waals surface area (Å²) < 4.78 is 4.95. The Morgan fingerprint density at radius 2 is 2.04 bits per heavy atom. The molecule has 1 heterocycles. The van der Waals surface area contributed by atoms with Gasteiger partial charge in [-0.25, -0.2) is 14.8 Å². The monoisotopic (exact) mass is 378 g/mol. The van der Waals surface area contributed by atoms with E-state index in [9.17, 15) is 4.79 Å². The van der Waals surface area contributed by atoms with E-state index in [0.717, 1.165) is 5.56 Å². The normalized spacial score (nSPS) is 11.5. The number of nitrogens with one attached hydrogen (secondary N) is 2. The molecular weight excluding hydrogens is 360 g/mol. The Bertz CT molecular complexity index is 768. The zero-order chi connectivity index (χ0) is 18.4. The maximum absolute atomic E-state index is 11.8. The SMILES string of the molecule is CCOC(=O)c1cnc(NC(=S)NC(C)c2ccc(Cl)cc2)nc1C. The van der Waals surface area contributed by atoms with Crippen molar-refractivity contribution in [2.75, 3.05) is 11.9 Å². The van der Waals surface area contributed by atoms with Gasteiger partial charge >= 0.3 is 5.97 Å². The second kappa shape index (κ2) is 8.73. The number of hydrogen-bond donors (Lipinski definition) is 2. The van der Waals surface area contributed by atoms with E-state index in [-0.39, 0.29) is 6.04 Å². The van der Waals surface area contributed by atoms with Crippen molar-refractivity contribution in [1.82, 2.24) is 15.3 Å². The molecule has 1 atom stereocenters. The summed E-state index contributed by atoms with van der Waals surface area (Å²) in [5.74, 6) is -0.130. The van der Waals surface area contributed by atoms with Crippen molar-refractivity contribution < 1.29 is 9.53 Å². The van der Waals surface area contributed by atoms with Gasteiger partial charge in [-0.2, -0.15) is 0 Å². The molecule has 2 aromatic rings. The number of hydrogen-bond acceptors (Lipinski definition) is 5.